The number of hydrogen-bond donors (Lipinski definition) is 0. The summed E-state index contributed by atoms with van der Waals surface area (Å²) in [6.45, 7) is 4.51. The molecule has 0 bridgehead atoms. The van der Waals surface area contributed by atoms with Crippen molar-refractivity contribution in [2.45, 2.75) is 206 Å². The number of unbranched alkanes of at least 4 members (excludes halogenated alkanes) is 21. The Kier molecular flexibility index (Phi) is 38.2. The number of hydrogen-bond acceptors (Lipinski definition) is 7. The number of allylic oxidation sites excluding steroid dienone is 8. The fourth-order valence-electron chi connectivity index (χ4n) is 6.65. The molecule has 330 valence electrons. The average Bonchev–Trinajstić information content (AvgIpc) is 3.17. The second kappa shape index (κ2) is 40.1. The van der Waals surface area contributed by atoms with E-state index in [2.05, 4.69) is 56.4 Å². The van der Waals surface area contributed by atoms with E-state index in [1.54, 1.807) is 21.1 Å². The molecule has 57 heavy (non-hydrogen) atoms. The van der Waals surface area contributed by atoms with Crippen molar-refractivity contribution in [2.75, 3.05) is 41.0 Å². The van der Waals surface area contributed by atoms with Crippen LogP contribution in [0.25, 0.3) is 0 Å². The summed E-state index contributed by atoms with van der Waals surface area (Å²) in [5, 5.41) is 11.6. The summed E-state index contributed by atoms with van der Waals surface area (Å²) in [6.07, 6.45) is 47.1. The summed E-state index contributed by atoms with van der Waals surface area (Å²) >= 11 is 0. The van der Waals surface area contributed by atoms with Gasteiger partial charge in [-0.15, -0.1) is 0 Å². The van der Waals surface area contributed by atoms with Crippen LogP contribution in [0.2, 0.25) is 0 Å². The van der Waals surface area contributed by atoms with E-state index in [0.29, 0.717) is 12.8 Å². The van der Waals surface area contributed by atoms with E-state index in [1.807, 2.05) is 6.08 Å². The van der Waals surface area contributed by atoms with Gasteiger partial charge in [-0.2, -0.15) is 0 Å². The highest BCUT2D eigenvalue weighted by Gasteiger charge is 2.25. The molecule has 0 fully saturated rings. The SMILES string of the molecule is CC/C=C/C=C/C=C/CCCCCCCC(=O)OC(COCCC(C(=O)[O-])[N+](C)(C)C)COC(=O)CCCCCCCCC/C=C/CCCCCCCCCCC. The van der Waals surface area contributed by atoms with Crippen molar-refractivity contribution in [3.05, 3.63) is 48.6 Å². The number of esters is 2. The molecule has 0 saturated carbocycles. The third-order valence-electron chi connectivity index (χ3n) is 10.3. The van der Waals surface area contributed by atoms with Crippen LogP contribution in [0, 0.1) is 0 Å². The number of carboxylic acids is 1. The van der Waals surface area contributed by atoms with E-state index in [1.165, 1.54) is 96.3 Å². The van der Waals surface area contributed by atoms with Gasteiger partial charge in [0.1, 0.15) is 12.6 Å². The minimum atomic E-state index is -1.13. The van der Waals surface area contributed by atoms with Gasteiger partial charge in [-0.25, -0.2) is 0 Å². The van der Waals surface area contributed by atoms with Gasteiger partial charge in [0.15, 0.2) is 6.10 Å². The Labute approximate surface area is 350 Å². The molecule has 0 aromatic rings. The monoisotopic (exact) mass is 802 g/mol. The normalized spacial score (nSPS) is 13.4. The van der Waals surface area contributed by atoms with Crippen LogP contribution in [-0.4, -0.2) is 75.5 Å². The van der Waals surface area contributed by atoms with Crippen LogP contribution < -0.4 is 5.11 Å². The van der Waals surface area contributed by atoms with Crippen LogP contribution in [0.3, 0.4) is 0 Å². The molecule has 2 atom stereocenters. The van der Waals surface area contributed by atoms with Crippen LogP contribution in [0.1, 0.15) is 194 Å². The molecule has 0 aromatic carbocycles. The fraction of sp³-hybridized carbons (Fsp3) is 0.776. The zero-order chi connectivity index (χ0) is 42.1. The molecular weight excluding hydrogens is 715 g/mol. The molecule has 0 rings (SSSR count). The van der Waals surface area contributed by atoms with E-state index >= 15 is 0 Å². The number of carbonyl (C=O) groups excluding carboxylic acids is 3. The second-order valence-electron chi connectivity index (χ2n) is 16.7. The predicted octanol–water partition coefficient (Wildman–Crippen LogP) is 11.5. The lowest BCUT2D eigenvalue weighted by Crippen LogP contribution is -2.55. The first-order chi connectivity index (χ1) is 27.6. The van der Waals surface area contributed by atoms with Crippen LogP contribution in [0.15, 0.2) is 48.6 Å². The first-order valence-electron chi connectivity index (χ1n) is 23.2. The van der Waals surface area contributed by atoms with E-state index < -0.39 is 18.1 Å². The number of carbonyl (C=O) groups is 3. The second-order valence-corrected chi connectivity index (χ2v) is 16.7. The molecule has 0 aliphatic carbocycles. The lowest BCUT2D eigenvalue weighted by atomic mass is 10.1. The quantitative estimate of drug-likeness (QED) is 0.0199. The van der Waals surface area contributed by atoms with Crippen LogP contribution in [0.4, 0.5) is 0 Å². The number of nitrogens with zero attached hydrogens (tertiary/aromatic N) is 1. The zero-order valence-electron chi connectivity index (χ0n) is 37.5. The molecule has 0 radical (unpaired) electrons. The number of aliphatic carboxylic acids is 1. The minimum Gasteiger partial charge on any atom is -0.544 e. The lowest BCUT2D eigenvalue weighted by Gasteiger charge is -2.34. The van der Waals surface area contributed by atoms with Crippen molar-refractivity contribution in [1.82, 2.24) is 0 Å². The molecule has 0 aliphatic rings. The lowest BCUT2D eigenvalue weighted by molar-refractivity contribution is -0.889. The van der Waals surface area contributed by atoms with Gasteiger partial charge in [0, 0.05) is 19.3 Å². The molecular formula is C49H87NO7. The highest BCUT2D eigenvalue weighted by atomic mass is 16.6. The van der Waals surface area contributed by atoms with Gasteiger partial charge in [0.25, 0.3) is 0 Å². The van der Waals surface area contributed by atoms with Gasteiger partial charge >= 0.3 is 11.9 Å². The van der Waals surface area contributed by atoms with Gasteiger partial charge in [0.05, 0.1) is 40.3 Å². The van der Waals surface area contributed by atoms with Gasteiger partial charge < -0.3 is 28.6 Å². The molecule has 0 amide bonds. The molecule has 0 N–H and O–H groups in total. The molecule has 0 aliphatic heterocycles. The van der Waals surface area contributed by atoms with Gasteiger partial charge in [-0.3, -0.25) is 9.59 Å². The van der Waals surface area contributed by atoms with Gasteiger partial charge in [0.2, 0.25) is 0 Å². The third-order valence-corrected chi connectivity index (χ3v) is 10.3. The summed E-state index contributed by atoms with van der Waals surface area (Å²) in [5.41, 5.74) is 0. The molecule has 8 nitrogen and oxygen atoms in total. The van der Waals surface area contributed by atoms with E-state index in [4.69, 9.17) is 14.2 Å². The summed E-state index contributed by atoms with van der Waals surface area (Å²) in [5.74, 6) is -1.77. The maximum absolute atomic E-state index is 12.7. The number of ether oxygens (including phenoxy) is 3. The number of rotatable bonds is 41. The topological polar surface area (TPSA) is 102 Å². The van der Waals surface area contributed by atoms with Crippen LogP contribution in [0.5, 0.6) is 0 Å². The first kappa shape index (κ1) is 54.3. The Balaban J connectivity index is 4.29. The van der Waals surface area contributed by atoms with Crippen molar-refractivity contribution in [3.63, 3.8) is 0 Å². The fourth-order valence-corrected chi connectivity index (χ4v) is 6.65. The van der Waals surface area contributed by atoms with Crippen molar-refractivity contribution >= 4 is 17.9 Å². The first-order valence-corrected chi connectivity index (χ1v) is 23.2. The summed E-state index contributed by atoms with van der Waals surface area (Å²) in [6, 6.07) is -0.731. The zero-order valence-corrected chi connectivity index (χ0v) is 37.5. The van der Waals surface area contributed by atoms with Crippen molar-refractivity contribution in [2.24, 2.45) is 0 Å². The largest absolute Gasteiger partial charge is 0.544 e. The Bertz CT molecular complexity index is 1070. The van der Waals surface area contributed by atoms with Crippen LogP contribution in [-0.2, 0) is 28.6 Å². The number of quaternary nitrogens is 1. The summed E-state index contributed by atoms with van der Waals surface area (Å²) in [4.78, 5) is 36.9. The average molecular weight is 802 g/mol. The van der Waals surface area contributed by atoms with Crippen molar-refractivity contribution < 1.29 is 38.2 Å². The Morgan fingerprint density at radius 2 is 1.00 bits per heavy atom. The number of carboxylic acid groups (broad SMARTS) is 1. The highest BCUT2D eigenvalue weighted by Crippen LogP contribution is 2.14. The molecule has 0 spiro atoms. The Hall–Kier alpha value is -2.71. The molecule has 2 unspecified atom stereocenters. The maximum Gasteiger partial charge on any atom is 0.306 e. The van der Waals surface area contributed by atoms with E-state index in [-0.39, 0.29) is 42.7 Å². The maximum atomic E-state index is 12.7. The standard InChI is InChI=1S/C49H87NO7/c1-6-8-10-12-14-16-18-20-21-22-23-24-25-26-28-29-31-33-35-37-39-47(51)56-44-45(43-55-42-41-46(49(53)54)50(3,4)5)57-48(52)40-38-36-34-32-30-27-19-17-15-13-11-9-7-2/h9,11,13,15,17,19,23-24,45-46H,6-8,10,12,14,16,18,20-22,25-44H2,1-5H3/b11-9+,15-13+,19-17+,24-23+. The number of likely N-dealkylation sites (N-methyl/N-ethyl adjacent to an activating group) is 1. The minimum absolute atomic E-state index is 0.0304. The van der Waals surface area contributed by atoms with Crippen molar-refractivity contribution in [3.8, 4) is 0 Å². The third kappa shape index (κ3) is 38.6. The smallest absolute Gasteiger partial charge is 0.306 e. The Morgan fingerprint density at radius 1 is 0.544 bits per heavy atom. The Morgan fingerprint density at radius 3 is 1.49 bits per heavy atom. The van der Waals surface area contributed by atoms with Gasteiger partial charge in [-0.05, 0) is 57.8 Å². The molecule has 0 saturated heterocycles. The van der Waals surface area contributed by atoms with E-state index in [0.717, 1.165) is 64.2 Å². The molecule has 8 heteroatoms. The van der Waals surface area contributed by atoms with E-state index in [9.17, 15) is 19.5 Å². The van der Waals surface area contributed by atoms with Crippen molar-refractivity contribution in [1.29, 1.82) is 0 Å². The molecule has 0 heterocycles. The predicted molar refractivity (Wildman–Crippen MR) is 236 cm³/mol. The highest BCUT2D eigenvalue weighted by molar-refractivity contribution is 5.70. The summed E-state index contributed by atoms with van der Waals surface area (Å²) in [7, 11) is 5.40. The summed E-state index contributed by atoms with van der Waals surface area (Å²) < 4.78 is 17.2. The van der Waals surface area contributed by atoms with Gasteiger partial charge in [-0.1, -0.05) is 165 Å². The van der Waals surface area contributed by atoms with Crippen LogP contribution >= 0.6 is 0 Å². The molecule has 0 aromatic heterocycles.